The Morgan fingerprint density at radius 2 is 1.88 bits per heavy atom. The second-order valence-corrected chi connectivity index (χ2v) is 6.81. The summed E-state index contributed by atoms with van der Waals surface area (Å²) in [5, 5.41) is 3.28. The van der Waals surface area contributed by atoms with E-state index < -0.39 is 0 Å². The van der Waals surface area contributed by atoms with Gasteiger partial charge in [-0.2, -0.15) is 0 Å². The van der Waals surface area contributed by atoms with Crippen LogP contribution >= 0.6 is 11.6 Å². The Kier molecular flexibility index (Phi) is 10.7. The van der Waals surface area contributed by atoms with Crippen LogP contribution < -0.4 is 15.8 Å². The normalized spacial score (nSPS) is 11.4. The van der Waals surface area contributed by atoms with Crippen LogP contribution in [0.5, 0.6) is 5.75 Å². The van der Waals surface area contributed by atoms with Crippen molar-refractivity contribution < 1.29 is 9.53 Å². The molecule has 5 heteroatoms. The minimum atomic E-state index is -0.338. The van der Waals surface area contributed by atoms with Crippen LogP contribution in [0.2, 0.25) is 5.02 Å². The van der Waals surface area contributed by atoms with E-state index in [1.165, 1.54) is 32.1 Å². The van der Waals surface area contributed by atoms with Crippen LogP contribution in [0.4, 0.5) is 5.69 Å². The highest BCUT2D eigenvalue weighted by molar-refractivity contribution is 6.33. The molecule has 1 aromatic rings. The predicted octanol–water partition coefficient (Wildman–Crippen LogP) is 5.19. The molecule has 1 amide bonds. The van der Waals surface area contributed by atoms with Gasteiger partial charge in [0.25, 0.3) is 5.91 Å². The molecule has 3 N–H and O–H groups in total. The summed E-state index contributed by atoms with van der Waals surface area (Å²) in [7, 11) is 0. The molecule has 0 fully saturated rings. The second kappa shape index (κ2) is 12.5. The quantitative estimate of drug-likeness (QED) is 0.316. The van der Waals surface area contributed by atoms with E-state index >= 15 is 0 Å². The van der Waals surface area contributed by atoms with E-state index in [0.717, 1.165) is 12.8 Å². The van der Waals surface area contributed by atoms with Crippen LogP contribution in [0.1, 0.15) is 76.1 Å². The molecule has 0 saturated carbocycles. The molecule has 0 aliphatic rings. The maximum absolute atomic E-state index is 12.5. The standard InChI is InChI=1S/C21H31ClN2O2/c1-4-6-7-8-9-10-11-13-24-21(25)17-14-18(22)19(23)15-20(17)26-16(3)12-5-2/h14-16H,4,6-11,13,23H2,1-3H3,(H,24,25). The van der Waals surface area contributed by atoms with Gasteiger partial charge in [-0.3, -0.25) is 4.79 Å². The number of carbonyl (C=O) groups is 1. The summed E-state index contributed by atoms with van der Waals surface area (Å²) in [6, 6.07) is 3.14. The van der Waals surface area contributed by atoms with Crippen LogP contribution in [-0.4, -0.2) is 18.6 Å². The van der Waals surface area contributed by atoms with Crippen LogP contribution in [0.25, 0.3) is 0 Å². The topological polar surface area (TPSA) is 64.3 Å². The number of benzene rings is 1. The number of hydrogen-bond acceptors (Lipinski definition) is 3. The number of nitrogens with one attached hydrogen (secondary N) is 1. The van der Waals surface area contributed by atoms with E-state index in [2.05, 4.69) is 24.1 Å². The zero-order chi connectivity index (χ0) is 19.4. The Balaban J connectivity index is 2.58. The summed E-state index contributed by atoms with van der Waals surface area (Å²) in [6.45, 7) is 6.42. The minimum Gasteiger partial charge on any atom is -0.477 e. The first-order chi connectivity index (χ1) is 12.5. The lowest BCUT2D eigenvalue weighted by atomic mass is 10.1. The molecule has 144 valence electrons. The lowest BCUT2D eigenvalue weighted by Crippen LogP contribution is -2.25. The van der Waals surface area contributed by atoms with Gasteiger partial charge in [-0.15, -0.1) is 5.92 Å². The van der Waals surface area contributed by atoms with Gasteiger partial charge in [-0.25, -0.2) is 0 Å². The smallest absolute Gasteiger partial charge is 0.255 e. The van der Waals surface area contributed by atoms with Gasteiger partial charge in [-0.05, 0) is 26.3 Å². The molecule has 1 atom stereocenters. The van der Waals surface area contributed by atoms with Crippen molar-refractivity contribution in [2.24, 2.45) is 0 Å². The molecule has 0 radical (unpaired) electrons. The van der Waals surface area contributed by atoms with Crippen molar-refractivity contribution in [2.75, 3.05) is 12.3 Å². The summed E-state index contributed by atoms with van der Waals surface area (Å²) in [6.07, 6.45) is 8.09. The maximum atomic E-state index is 12.5. The number of amides is 1. The van der Waals surface area contributed by atoms with Crippen molar-refractivity contribution in [3.8, 4) is 17.6 Å². The van der Waals surface area contributed by atoms with Crippen molar-refractivity contribution in [2.45, 2.75) is 71.8 Å². The van der Waals surface area contributed by atoms with E-state index in [1.54, 1.807) is 19.1 Å². The Morgan fingerprint density at radius 1 is 1.23 bits per heavy atom. The van der Waals surface area contributed by atoms with Crippen molar-refractivity contribution in [3.63, 3.8) is 0 Å². The van der Waals surface area contributed by atoms with E-state index in [0.29, 0.717) is 28.6 Å². The molecule has 4 nitrogen and oxygen atoms in total. The van der Waals surface area contributed by atoms with Crippen molar-refractivity contribution in [1.29, 1.82) is 0 Å². The van der Waals surface area contributed by atoms with Crippen LogP contribution in [-0.2, 0) is 0 Å². The summed E-state index contributed by atoms with van der Waals surface area (Å²) < 4.78 is 5.75. The van der Waals surface area contributed by atoms with Gasteiger partial charge >= 0.3 is 0 Å². The molecular formula is C21H31ClN2O2. The maximum Gasteiger partial charge on any atom is 0.255 e. The first kappa shape index (κ1) is 22.2. The second-order valence-electron chi connectivity index (χ2n) is 6.40. The van der Waals surface area contributed by atoms with E-state index in [1.807, 2.05) is 6.92 Å². The van der Waals surface area contributed by atoms with Crippen LogP contribution in [0.3, 0.4) is 0 Å². The number of hydrogen-bond donors (Lipinski definition) is 2. The number of unbranched alkanes of at least 4 members (excludes halogenated alkanes) is 6. The largest absolute Gasteiger partial charge is 0.477 e. The average molecular weight is 379 g/mol. The molecule has 1 aromatic carbocycles. The van der Waals surface area contributed by atoms with E-state index in [9.17, 15) is 4.79 Å². The summed E-state index contributed by atoms with van der Waals surface area (Å²) in [5.74, 6) is 5.89. The number of rotatable bonds is 11. The number of carbonyl (C=O) groups excluding carboxylic acids is 1. The van der Waals surface area contributed by atoms with Gasteiger partial charge in [0.15, 0.2) is 6.10 Å². The number of nitrogens with two attached hydrogens (primary N) is 1. The lowest BCUT2D eigenvalue weighted by Gasteiger charge is -2.15. The molecule has 0 spiro atoms. The number of halogens is 1. The fourth-order valence-electron chi connectivity index (χ4n) is 2.65. The molecule has 0 bridgehead atoms. The van der Waals surface area contributed by atoms with Gasteiger partial charge < -0.3 is 15.8 Å². The van der Waals surface area contributed by atoms with Crippen LogP contribution in [0, 0.1) is 11.8 Å². The highest BCUT2D eigenvalue weighted by atomic mass is 35.5. The molecule has 1 rings (SSSR count). The summed E-state index contributed by atoms with van der Waals surface area (Å²) >= 11 is 6.08. The average Bonchev–Trinajstić information content (AvgIpc) is 2.60. The number of nitrogen functional groups attached to an aromatic ring is 1. The van der Waals surface area contributed by atoms with Crippen molar-refractivity contribution >= 4 is 23.2 Å². The fraction of sp³-hybridized carbons (Fsp3) is 0.571. The number of anilines is 1. The Morgan fingerprint density at radius 3 is 2.54 bits per heavy atom. The van der Waals surface area contributed by atoms with E-state index in [4.69, 9.17) is 22.1 Å². The van der Waals surface area contributed by atoms with Gasteiger partial charge in [0, 0.05) is 12.6 Å². The molecule has 0 saturated heterocycles. The molecular weight excluding hydrogens is 348 g/mol. The van der Waals surface area contributed by atoms with Crippen molar-refractivity contribution in [1.82, 2.24) is 5.32 Å². The Labute approximate surface area is 162 Å². The zero-order valence-corrected chi connectivity index (χ0v) is 16.9. The highest BCUT2D eigenvalue weighted by Gasteiger charge is 2.16. The SMILES string of the molecule is CC#CC(C)Oc1cc(N)c(Cl)cc1C(=O)NCCCCCCCCC. The predicted molar refractivity (Wildman–Crippen MR) is 110 cm³/mol. The zero-order valence-electron chi connectivity index (χ0n) is 16.2. The molecule has 0 aromatic heterocycles. The lowest BCUT2D eigenvalue weighted by molar-refractivity contribution is 0.0948. The Hall–Kier alpha value is -1.86. The van der Waals surface area contributed by atoms with Gasteiger partial charge in [-0.1, -0.05) is 63.0 Å². The van der Waals surface area contributed by atoms with E-state index in [-0.39, 0.29) is 12.0 Å². The highest BCUT2D eigenvalue weighted by Crippen LogP contribution is 2.29. The summed E-state index contributed by atoms with van der Waals surface area (Å²) in [4.78, 5) is 12.5. The Bertz CT molecular complexity index is 635. The third-order valence-electron chi connectivity index (χ3n) is 4.06. The molecule has 1 unspecified atom stereocenters. The van der Waals surface area contributed by atoms with Crippen LogP contribution in [0.15, 0.2) is 12.1 Å². The molecule has 0 heterocycles. The monoisotopic (exact) mass is 378 g/mol. The molecule has 26 heavy (non-hydrogen) atoms. The first-order valence-corrected chi connectivity index (χ1v) is 9.83. The minimum absolute atomic E-state index is 0.204. The fourth-order valence-corrected chi connectivity index (χ4v) is 2.81. The van der Waals surface area contributed by atoms with Gasteiger partial charge in [0.2, 0.25) is 0 Å². The number of ether oxygens (including phenoxy) is 1. The third kappa shape index (κ3) is 8.01. The van der Waals surface area contributed by atoms with Crippen molar-refractivity contribution in [3.05, 3.63) is 22.7 Å². The third-order valence-corrected chi connectivity index (χ3v) is 4.39. The van der Waals surface area contributed by atoms with Gasteiger partial charge in [0.1, 0.15) is 5.75 Å². The summed E-state index contributed by atoms with van der Waals surface area (Å²) in [5.41, 5.74) is 6.61. The van der Waals surface area contributed by atoms with Gasteiger partial charge in [0.05, 0.1) is 16.3 Å². The molecule has 0 aliphatic carbocycles. The molecule has 0 aliphatic heterocycles. The first-order valence-electron chi connectivity index (χ1n) is 9.45.